The fourth-order valence-corrected chi connectivity index (χ4v) is 20.0. The van der Waals surface area contributed by atoms with Gasteiger partial charge in [0, 0.05) is 13.1 Å². The number of nitrogens with zero attached hydrogens (tertiary/aromatic N) is 2. The van der Waals surface area contributed by atoms with Crippen LogP contribution in [0.15, 0.2) is 0 Å². The van der Waals surface area contributed by atoms with Gasteiger partial charge in [-0.05, 0) is 19.1 Å². The molecule has 0 radical (unpaired) electrons. The number of piperidine rings is 1. The Kier molecular flexibility index (Phi) is 5.36. The maximum atomic E-state index is 3.00. The lowest BCUT2D eigenvalue weighted by Gasteiger charge is -2.53. The van der Waals surface area contributed by atoms with E-state index in [1.807, 2.05) is 0 Å². The van der Waals surface area contributed by atoms with Crippen LogP contribution in [0, 0.1) is 0 Å². The first kappa shape index (κ1) is 15.8. The number of thiol groups is 1. The molecule has 2 nitrogen and oxygen atoms in total. The van der Waals surface area contributed by atoms with Crippen molar-refractivity contribution in [1.82, 2.24) is 7.94 Å². The molecule has 17 heavy (non-hydrogen) atoms. The van der Waals surface area contributed by atoms with Crippen LogP contribution >= 0.6 is 11.3 Å². The Morgan fingerprint density at radius 1 is 0.824 bits per heavy atom. The maximum Gasteiger partial charge on any atom is 0.122 e. The summed E-state index contributed by atoms with van der Waals surface area (Å²) < 4.78 is 5.79. The van der Waals surface area contributed by atoms with Gasteiger partial charge in [-0.25, -0.2) is 0 Å². The summed E-state index contributed by atoms with van der Waals surface area (Å²) in [5, 5.41) is 0. The molecular formula is C12H32N2SSi2. The van der Waals surface area contributed by atoms with Crippen LogP contribution in [-0.2, 0) is 0 Å². The van der Waals surface area contributed by atoms with Gasteiger partial charge in [0.15, 0.2) is 0 Å². The molecule has 1 heterocycles. The van der Waals surface area contributed by atoms with Crippen molar-refractivity contribution in [1.29, 1.82) is 0 Å². The predicted octanol–water partition coefficient (Wildman–Crippen LogP) is 3.91. The zero-order valence-corrected chi connectivity index (χ0v) is 15.8. The third-order valence-electron chi connectivity index (χ3n) is 3.30. The second-order valence-corrected chi connectivity index (χ2v) is 19.9. The highest BCUT2D eigenvalue weighted by Crippen LogP contribution is 2.41. The fourth-order valence-electron chi connectivity index (χ4n) is 3.17. The molecule has 0 aromatic carbocycles. The summed E-state index contributed by atoms with van der Waals surface area (Å²) in [4.78, 5) is 0. The van der Waals surface area contributed by atoms with Crippen molar-refractivity contribution in [3.05, 3.63) is 0 Å². The second-order valence-electron chi connectivity index (χ2n) is 7.16. The van der Waals surface area contributed by atoms with Gasteiger partial charge in [0.25, 0.3) is 0 Å². The van der Waals surface area contributed by atoms with Crippen molar-refractivity contribution >= 4 is 27.7 Å². The monoisotopic (exact) mass is 292 g/mol. The Labute approximate surface area is 114 Å². The topological polar surface area (TPSA) is 6.48 Å². The standard InChI is InChI=1S/C12H32N2SSi2/c1-15(13-11-9-8-10-12-13)14(16(2,3)4)17(5,6)7/h15H,8-12H2,1-7H3. The van der Waals surface area contributed by atoms with Gasteiger partial charge in [-0.3, -0.25) is 4.31 Å². The van der Waals surface area contributed by atoms with Crippen LogP contribution in [0.5, 0.6) is 0 Å². The van der Waals surface area contributed by atoms with E-state index in [-0.39, 0.29) is 11.3 Å². The first-order chi connectivity index (χ1) is 7.64. The van der Waals surface area contributed by atoms with Crippen molar-refractivity contribution < 1.29 is 0 Å². The highest BCUT2D eigenvalue weighted by atomic mass is 32.2. The lowest BCUT2D eigenvalue weighted by molar-refractivity contribution is 0.372. The third kappa shape index (κ3) is 4.38. The van der Waals surface area contributed by atoms with Gasteiger partial charge in [-0.15, -0.1) is 0 Å². The van der Waals surface area contributed by atoms with Crippen molar-refractivity contribution in [2.75, 3.05) is 19.3 Å². The predicted molar refractivity (Wildman–Crippen MR) is 88.9 cm³/mol. The summed E-state index contributed by atoms with van der Waals surface area (Å²) in [5.74, 6) is 0. The lowest BCUT2D eigenvalue weighted by Crippen LogP contribution is -2.58. The van der Waals surface area contributed by atoms with Crippen LogP contribution in [-0.4, -0.2) is 43.8 Å². The number of rotatable bonds is 4. The molecule has 1 aliphatic heterocycles. The Bertz CT molecular complexity index is 228. The van der Waals surface area contributed by atoms with Gasteiger partial charge in [0.05, 0.1) is 0 Å². The summed E-state index contributed by atoms with van der Waals surface area (Å²) in [6, 6.07) is 0. The van der Waals surface area contributed by atoms with E-state index in [1.54, 1.807) is 0 Å². The quantitative estimate of drug-likeness (QED) is 0.620. The highest BCUT2D eigenvalue weighted by Gasteiger charge is 2.38. The molecular weight excluding hydrogens is 260 g/mol. The van der Waals surface area contributed by atoms with E-state index in [2.05, 4.69) is 53.5 Å². The van der Waals surface area contributed by atoms with Crippen LogP contribution < -0.4 is 0 Å². The van der Waals surface area contributed by atoms with E-state index in [4.69, 9.17) is 0 Å². The normalized spacial score (nSPS) is 22.9. The zero-order valence-electron chi connectivity index (χ0n) is 12.9. The number of hydrogen-bond donors (Lipinski definition) is 1. The van der Waals surface area contributed by atoms with Gasteiger partial charge in [-0.1, -0.05) is 45.7 Å². The van der Waals surface area contributed by atoms with E-state index in [9.17, 15) is 0 Å². The van der Waals surface area contributed by atoms with Crippen LogP contribution in [0.2, 0.25) is 39.3 Å². The average molecular weight is 293 g/mol. The van der Waals surface area contributed by atoms with Gasteiger partial charge in [0.1, 0.15) is 16.5 Å². The molecule has 1 atom stereocenters. The Morgan fingerprint density at radius 2 is 1.24 bits per heavy atom. The molecule has 1 unspecified atom stereocenters. The molecule has 1 saturated heterocycles. The Balaban J connectivity index is 2.82. The van der Waals surface area contributed by atoms with E-state index >= 15 is 0 Å². The smallest absolute Gasteiger partial charge is 0.122 e. The summed E-state index contributed by atoms with van der Waals surface area (Å²) in [7, 11) is -2.37. The minimum Gasteiger partial charge on any atom is -0.300 e. The fraction of sp³-hybridized carbons (Fsp3) is 1.00. The molecule has 1 aliphatic rings. The van der Waals surface area contributed by atoms with Crippen LogP contribution in [0.3, 0.4) is 0 Å². The van der Waals surface area contributed by atoms with Crippen molar-refractivity contribution in [3.8, 4) is 0 Å². The Hall–Kier alpha value is 0.704. The SMILES string of the molecule is C[SH](N1CCCCC1)N([Si](C)(C)C)[Si](C)(C)C. The molecule has 0 N–H and O–H groups in total. The molecule has 0 aliphatic carbocycles. The molecule has 1 rings (SSSR count). The first-order valence-corrected chi connectivity index (χ1v) is 15.5. The van der Waals surface area contributed by atoms with Gasteiger partial charge < -0.3 is 3.64 Å². The average Bonchev–Trinajstić information content (AvgIpc) is 2.14. The van der Waals surface area contributed by atoms with Crippen LogP contribution in [0.1, 0.15) is 19.3 Å². The molecule has 0 bridgehead atoms. The van der Waals surface area contributed by atoms with E-state index in [0.29, 0.717) is 0 Å². The van der Waals surface area contributed by atoms with E-state index in [1.165, 1.54) is 32.4 Å². The van der Waals surface area contributed by atoms with Crippen molar-refractivity contribution in [3.63, 3.8) is 0 Å². The number of hydrogen-bond acceptors (Lipinski definition) is 2. The van der Waals surface area contributed by atoms with Gasteiger partial charge >= 0.3 is 0 Å². The molecule has 5 heteroatoms. The second kappa shape index (κ2) is 5.78. The van der Waals surface area contributed by atoms with Crippen LogP contribution in [0.4, 0.5) is 0 Å². The molecule has 0 spiro atoms. The maximum absolute atomic E-state index is 3.00. The zero-order chi connectivity index (χ0) is 13.3. The minimum absolute atomic E-state index is 0.0482. The molecule has 0 aromatic rings. The van der Waals surface area contributed by atoms with Crippen LogP contribution in [0.25, 0.3) is 0 Å². The van der Waals surface area contributed by atoms with E-state index < -0.39 is 16.5 Å². The van der Waals surface area contributed by atoms with Gasteiger partial charge in [-0.2, -0.15) is 11.3 Å². The summed E-state index contributed by atoms with van der Waals surface area (Å²) in [5.41, 5.74) is 0. The largest absolute Gasteiger partial charge is 0.300 e. The Morgan fingerprint density at radius 3 is 1.59 bits per heavy atom. The molecule has 1 fully saturated rings. The van der Waals surface area contributed by atoms with Crippen molar-refractivity contribution in [2.45, 2.75) is 58.5 Å². The molecule has 0 saturated carbocycles. The van der Waals surface area contributed by atoms with E-state index in [0.717, 1.165) is 0 Å². The lowest BCUT2D eigenvalue weighted by atomic mass is 10.2. The van der Waals surface area contributed by atoms with Gasteiger partial charge in [0.2, 0.25) is 0 Å². The minimum atomic E-state index is -1.19. The summed E-state index contributed by atoms with van der Waals surface area (Å²) >= 11 is -0.0482. The third-order valence-corrected chi connectivity index (χ3v) is 17.0. The summed E-state index contributed by atoms with van der Waals surface area (Å²) in [6.07, 6.45) is 6.78. The molecule has 0 amide bonds. The van der Waals surface area contributed by atoms with Crippen molar-refractivity contribution in [2.24, 2.45) is 0 Å². The summed E-state index contributed by atoms with van der Waals surface area (Å²) in [6.45, 7) is 17.8. The molecule has 0 aromatic heterocycles. The highest BCUT2D eigenvalue weighted by molar-refractivity contribution is 8.14. The first-order valence-electron chi connectivity index (χ1n) is 6.93. The molecule has 104 valence electrons.